The number of likely N-dealkylation sites (tertiary alicyclic amines) is 1. The number of pyridine rings is 1. The molecule has 0 aliphatic carbocycles. The summed E-state index contributed by atoms with van der Waals surface area (Å²) in [5.74, 6) is -0.160. The number of carbonyl (C=O) groups is 1. The minimum Gasteiger partial charge on any atom is -0.334 e. The second-order valence-corrected chi connectivity index (χ2v) is 4.31. The Morgan fingerprint density at radius 2 is 2.25 bits per heavy atom. The van der Waals surface area contributed by atoms with Crippen LogP contribution in [0.1, 0.15) is 23.8 Å². The van der Waals surface area contributed by atoms with Gasteiger partial charge < -0.3 is 15.6 Å². The third-order valence-electron chi connectivity index (χ3n) is 3.00. The maximum absolute atomic E-state index is 11.9. The average molecular weight is 221 g/mol. The molecular weight excluding hydrogens is 206 g/mol. The van der Waals surface area contributed by atoms with Crippen LogP contribution in [0.5, 0.6) is 0 Å². The van der Waals surface area contributed by atoms with Gasteiger partial charge >= 0.3 is 0 Å². The lowest BCUT2D eigenvalue weighted by atomic mass is 9.88. The minimum absolute atomic E-state index is 0.160. The molecule has 2 heterocycles. The van der Waals surface area contributed by atoms with Crippen molar-refractivity contribution in [1.82, 2.24) is 9.88 Å². The number of nitrogens with zero attached hydrogens (tertiary/aromatic N) is 1. The topological polar surface area (TPSA) is 79.2 Å². The smallest absolute Gasteiger partial charge is 0.270 e. The fourth-order valence-electron chi connectivity index (χ4n) is 1.82. The summed E-state index contributed by atoms with van der Waals surface area (Å²) in [7, 11) is 0. The molecule has 86 valence electrons. The van der Waals surface area contributed by atoms with E-state index in [9.17, 15) is 9.59 Å². The van der Waals surface area contributed by atoms with E-state index in [-0.39, 0.29) is 17.0 Å². The van der Waals surface area contributed by atoms with Crippen LogP contribution in [0.15, 0.2) is 23.0 Å². The van der Waals surface area contributed by atoms with Crippen LogP contribution >= 0.6 is 0 Å². The van der Waals surface area contributed by atoms with Crippen LogP contribution in [0.2, 0.25) is 0 Å². The van der Waals surface area contributed by atoms with Crippen molar-refractivity contribution in [2.45, 2.75) is 18.9 Å². The molecule has 5 heteroatoms. The largest absolute Gasteiger partial charge is 0.334 e. The van der Waals surface area contributed by atoms with E-state index in [1.165, 1.54) is 6.07 Å². The predicted octanol–water partition coefficient (Wildman–Crippen LogP) is -0.0618. The molecule has 1 aromatic rings. The Bertz CT molecular complexity index is 460. The van der Waals surface area contributed by atoms with Crippen molar-refractivity contribution in [2.24, 2.45) is 5.73 Å². The van der Waals surface area contributed by atoms with Gasteiger partial charge in [-0.3, -0.25) is 9.59 Å². The van der Waals surface area contributed by atoms with Gasteiger partial charge in [-0.2, -0.15) is 0 Å². The van der Waals surface area contributed by atoms with E-state index in [1.54, 1.807) is 17.0 Å². The molecule has 16 heavy (non-hydrogen) atoms. The van der Waals surface area contributed by atoms with Crippen molar-refractivity contribution in [1.29, 1.82) is 0 Å². The van der Waals surface area contributed by atoms with Crippen LogP contribution in [0.4, 0.5) is 0 Å². The van der Waals surface area contributed by atoms with Gasteiger partial charge in [-0.1, -0.05) is 13.0 Å². The van der Waals surface area contributed by atoms with Crippen LogP contribution in [-0.2, 0) is 0 Å². The number of carbonyl (C=O) groups excluding carboxylic acids is 1. The first-order chi connectivity index (χ1) is 7.54. The molecule has 0 saturated carbocycles. The van der Waals surface area contributed by atoms with E-state index in [4.69, 9.17) is 5.73 Å². The zero-order valence-corrected chi connectivity index (χ0v) is 9.19. The number of hydrogen-bond donors (Lipinski definition) is 2. The number of aromatic amines is 1. The van der Waals surface area contributed by atoms with E-state index >= 15 is 0 Å². The summed E-state index contributed by atoms with van der Waals surface area (Å²) in [6.07, 6.45) is 0.849. The predicted molar refractivity (Wildman–Crippen MR) is 60.2 cm³/mol. The maximum atomic E-state index is 11.9. The van der Waals surface area contributed by atoms with Crippen molar-refractivity contribution in [3.63, 3.8) is 0 Å². The van der Waals surface area contributed by atoms with Crippen molar-refractivity contribution < 1.29 is 4.79 Å². The Balaban J connectivity index is 2.08. The molecule has 0 aromatic carbocycles. The highest BCUT2D eigenvalue weighted by Gasteiger charge is 2.40. The molecule has 1 saturated heterocycles. The van der Waals surface area contributed by atoms with Crippen molar-refractivity contribution in [2.75, 3.05) is 13.1 Å². The normalized spacial score (nSPS) is 18.0. The van der Waals surface area contributed by atoms with Gasteiger partial charge in [0, 0.05) is 19.2 Å². The first-order valence-electron chi connectivity index (χ1n) is 5.31. The zero-order valence-electron chi connectivity index (χ0n) is 9.19. The second kappa shape index (κ2) is 3.75. The number of aromatic nitrogens is 1. The molecule has 3 N–H and O–H groups in total. The van der Waals surface area contributed by atoms with Gasteiger partial charge in [0.15, 0.2) is 0 Å². The van der Waals surface area contributed by atoms with E-state index < -0.39 is 0 Å². The molecule has 1 aliphatic heterocycles. The minimum atomic E-state index is -0.263. The zero-order chi connectivity index (χ0) is 11.8. The van der Waals surface area contributed by atoms with Crippen molar-refractivity contribution in [3.05, 3.63) is 34.2 Å². The van der Waals surface area contributed by atoms with Gasteiger partial charge in [-0.15, -0.1) is 0 Å². The summed E-state index contributed by atoms with van der Waals surface area (Å²) in [4.78, 5) is 27.1. The van der Waals surface area contributed by atoms with E-state index in [2.05, 4.69) is 4.98 Å². The van der Waals surface area contributed by atoms with Crippen LogP contribution in [0, 0.1) is 0 Å². The molecular formula is C11H15N3O2. The number of amides is 1. The number of nitrogens with one attached hydrogen (secondary N) is 1. The van der Waals surface area contributed by atoms with Crippen LogP contribution in [-0.4, -0.2) is 34.4 Å². The Morgan fingerprint density at radius 3 is 2.81 bits per heavy atom. The highest BCUT2D eigenvalue weighted by atomic mass is 16.2. The Hall–Kier alpha value is -1.62. The summed E-state index contributed by atoms with van der Waals surface area (Å²) >= 11 is 0. The van der Waals surface area contributed by atoms with Gasteiger partial charge in [0.25, 0.3) is 5.91 Å². The Labute approximate surface area is 93.3 Å². The van der Waals surface area contributed by atoms with E-state index in [0.717, 1.165) is 6.42 Å². The summed E-state index contributed by atoms with van der Waals surface area (Å²) in [5.41, 5.74) is 5.79. The molecule has 0 radical (unpaired) electrons. The number of H-pyrrole nitrogens is 1. The summed E-state index contributed by atoms with van der Waals surface area (Å²) < 4.78 is 0. The fourth-order valence-corrected chi connectivity index (χ4v) is 1.82. The van der Waals surface area contributed by atoms with Gasteiger partial charge in [0.1, 0.15) is 5.69 Å². The molecule has 0 atom stereocenters. The first kappa shape index (κ1) is 10.9. The van der Waals surface area contributed by atoms with Crippen molar-refractivity contribution >= 4 is 5.91 Å². The second-order valence-electron chi connectivity index (χ2n) is 4.31. The fraction of sp³-hybridized carbons (Fsp3) is 0.455. The molecule has 0 bridgehead atoms. The molecule has 2 rings (SSSR count). The number of rotatable bonds is 2. The lowest BCUT2D eigenvalue weighted by Gasteiger charge is -2.47. The van der Waals surface area contributed by atoms with Crippen LogP contribution < -0.4 is 11.3 Å². The lowest BCUT2D eigenvalue weighted by Crippen LogP contribution is -2.68. The monoisotopic (exact) mass is 221 g/mol. The van der Waals surface area contributed by atoms with E-state index in [0.29, 0.717) is 18.8 Å². The van der Waals surface area contributed by atoms with Gasteiger partial charge in [0.2, 0.25) is 5.56 Å². The molecule has 1 fully saturated rings. The number of hydrogen-bond acceptors (Lipinski definition) is 3. The maximum Gasteiger partial charge on any atom is 0.270 e. The van der Waals surface area contributed by atoms with Gasteiger partial charge in [0.05, 0.1) is 5.54 Å². The highest BCUT2D eigenvalue weighted by Crippen LogP contribution is 2.22. The third-order valence-corrected chi connectivity index (χ3v) is 3.00. The van der Waals surface area contributed by atoms with E-state index in [1.807, 2.05) is 6.92 Å². The molecule has 5 nitrogen and oxygen atoms in total. The summed E-state index contributed by atoms with van der Waals surface area (Å²) in [6.45, 7) is 3.12. The van der Waals surface area contributed by atoms with Gasteiger partial charge in [-0.05, 0) is 12.5 Å². The SMILES string of the molecule is CCC1(N)CN(C(=O)c2cccc(=O)[nH]2)C1. The molecule has 0 spiro atoms. The molecule has 1 amide bonds. The third kappa shape index (κ3) is 1.86. The van der Waals surface area contributed by atoms with Crippen LogP contribution in [0.25, 0.3) is 0 Å². The molecule has 1 aromatic heterocycles. The number of nitrogens with two attached hydrogens (primary N) is 1. The van der Waals surface area contributed by atoms with Crippen LogP contribution in [0.3, 0.4) is 0 Å². The van der Waals surface area contributed by atoms with Gasteiger partial charge in [-0.25, -0.2) is 0 Å². The summed E-state index contributed by atoms with van der Waals surface area (Å²) in [5, 5.41) is 0. The Kier molecular flexibility index (Phi) is 2.55. The lowest BCUT2D eigenvalue weighted by molar-refractivity contribution is 0.0395. The first-order valence-corrected chi connectivity index (χ1v) is 5.31. The summed E-state index contributed by atoms with van der Waals surface area (Å²) in [6, 6.07) is 4.56. The highest BCUT2D eigenvalue weighted by molar-refractivity contribution is 5.93. The average Bonchev–Trinajstić information content (AvgIpc) is 2.24. The van der Waals surface area contributed by atoms with Crippen molar-refractivity contribution in [3.8, 4) is 0 Å². The molecule has 1 aliphatic rings. The Morgan fingerprint density at radius 1 is 1.56 bits per heavy atom. The molecule has 0 unspecified atom stereocenters. The standard InChI is InChI=1S/C11H15N3O2/c1-2-11(12)6-14(7-11)10(16)8-4-3-5-9(15)13-8/h3-5H,2,6-7,12H2,1H3,(H,13,15). The quantitative estimate of drug-likeness (QED) is 0.734.